The van der Waals surface area contributed by atoms with Crippen LogP contribution in [-0.4, -0.2) is 9.97 Å². The first-order valence-electron chi connectivity index (χ1n) is 7.16. The minimum Gasteiger partial charge on any atom is -0.287 e. The van der Waals surface area contributed by atoms with Crippen LogP contribution in [0, 0.1) is 0 Å². The van der Waals surface area contributed by atoms with Crippen LogP contribution < -0.4 is 10.9 Å². The molecule has 0 unspecified atom stereocenters. The van der Waals surface area contributed by atoms with Gasteiger partial charge in [0.1, 0.15) is 22.1 Å². The third-order valence-corrected chi connectivity index (χ3v) is 4.76. The molecule has 0 N–H and O–H groups in total. The van der Waals surface area contributed by atoms with Crippen molar-refractivity contribution >= 4 is 66.8 Å². The molecule has 0 aliphatic carbocycles. The molecule has 0 radical (unpaired) electrons. The standard InChI is InChI=1S/C18H6Cl2N2O2/c19-7-1-3-9-11(5-7)17(23)15-13(9)21-16-14(22-15)10-4-2-8(20)6-12(10)18(16)24/h1-6H. The second-order valence-electron chi connectivity index (χ2n) is 5.66. The van der Waals surface area contributed by atoms with Gasteiger partial charge in [-0.2, -0.15) is 0 Å². The lowest BCUT2D eigenvalue weighted by atomic mass is 10.2. The maximum atomic E-state index is 12.6. The highest BCUT2D eigenvalue weighted by molar-refractivity contribution is 6.32. The highest BCUT2D eigenvalue weighted by Crippen LogP contribution is 2.29. The molecule has 6 heteroatoms. The maximum Gasteiger partial charge on any atom is 0.214 e. The molecule has 0 saturated heterocycles. The lowest BCUT2D eigenvalue weighted by molar-refractivity contribution is 1.43. The second-order valence-corrected chi connectivity index (χ2v) is 6.53. The summed E-state index contributed by atoms with van der Waals surface area (Å²) in [4.78, 5) is 34.2. The fraction of sp³-hybridized carbons (Fsp3) is 0. The van der Waals surface area contributed by atoms with E-state index < -0.39 is 0 Å². The Balaban J connectivity index is 2.08. The van der Waals surface area contributed by atoms with E-state index in [0.29, 0.717) is 42.6 Å². The number of fused-ring (bicyclic) bond motifs is 6. The van der Waals surface area contributed by atoms with Gasteiger partial charge < -0.3 is 0 Å². The van der Waals surface area contributed by atoms with E-state index in [-0.39, 0.29) is 21.9 Å². The Morgan fingerprint density at radius 3 is 1.42 bits per heavy atom. The largest absolute Gasteiger partial charge is 0.287 e. The lowest BCUT2D eigenvalue weighted by Gasteiger charge is -1.94. The van der Waals surface area contributed by atoms with Gasteiger partial charge in [-0.25, -0.2) is 9.97 Å². The Morgan fingerprint density at radius 1 is 0.583 bits per heavy atom. The molecule has 5 aromatic rings. The second kappa shape index (κ2) is 4.50. The number of hydrogen-bond acceptors (Lipinski definition) is 4. The van der Waals surface area contributed by atoms with Gasteiger partial charge in [-0.3, -0.25) is 9.59 Å². The predicted octanol–water partition coefficient (Wildman–Crippen LogP) is 3.99. The molecule has 0 aliphatic heterocycles. The van der Waals surface area contributed by atoms with Crippen molar-refractivity contribution < 1.29 is 0 Å². The number of nitrogens with zero attached hydrogens (tertiary/aromatic N) is 2. The molecule has 0 amide bonds. The molecule has 24 heavy (non-hydrogen) atoms. The highest BCUT2D eigenvalue weighted by atomic mass is 35.5. The van der Waals surface area contributed by atoms with Crippen molar-refractivity contribution in [2.75, 3.05) is 0 Å². The van der Waals surface area contributed by atoms with E-state index in [1.165, 1.54) is 0 Å². The summed E-state index contributed by atoms with van der Waals surface area (Å²) in [6.07, 6.45) is 0. The van der Waals surface area contributed by atoms with Gasteiger partial charge in [-0.15, -0.1) is 0 Å². The van der Waals surface area contributed by atoms with Crippen LogP contribution in [-0.2, 0) is 0 Å². The van der Waals surface area contributed by atoms with Crippen LogP contribution in [0.4, 0.5) is 0 Å². The van der Waals surface area contributed by atoms with Crippen LogP contribution in [0.25, 0.3) is 43.6 Å². The molecular weight excluding hydrogens is 347 g/mol. The van der Waals surface area contributed by atoms with E-state index in [4.69, 9.17) is 23.2 Å². The molecule has 1 heterocycles. The topological polar surface area (TPSA) is 59.9 Å². The summed E-state index contributed by atoms with van der Waals surface area (Å²) in [5.74, 6) is 0. The molecule has 5 rings (SSSR count). The van der Waals surface area contributed by atoms with Crippen molar-refractivity contribution in [1.82, 2.24) is 9.97 Å². The van der Waals surface area contributed by atoms with Gasteiger partial charge >= 0.3 is 0 Å². The summed E-state index contributed by atoms with van der Waals surface area (Å²) in [6.45, 7) is 0. The fourth-order valence-corrected chi connectivity index (χ4v) is 3.55. The van der Waals surface area contributed by atoms with E-state index in [9.17, 15) is 9.59 Å². The van der Waals surface area contributed by atoms with Crippen molar-refractivity contribution in [2.24, 2.45) is 0 Å². The van der Waals surface area contributed by atoms with Gasteiger partial charge in [0.05, 0.1) is 0 Å². The minimum absolute atomic E-state index is 0.229. The Labute approximate surface area is 144 Å². The molecule has 0 saturated carbocycles. The molecule has 1 aromatic heterocycles. The monoisotopic (exact) mass is 352 g/mol. The zero-order valence-electron chi connectivity index (χ0n) is 11.9. The third-order valence-electron chi connectivity index (χ3n) is 4.29. The van der Waals surface area contributed by atoms with E-state index in [1.54, 1.807) is 36.4 Å². The number of aromatic nitrogens is 2. The molecule has 0 fully saturated rings. The van der Waals surface area contributed by atoms with E-state index in [0.717, 1.165) is 0 Å². The molecule has 0 aliphatic rings. The smallest absolute Gasteiger partial charge is 0.214 e. The fourth-order valence-electron chi connectivity index (χ4n) is 3.20. The summed E-state index contributed by atoms with van der Waals surface area (Å²) in [7, 11) is 0. The summed E-state index contributed by atoms with van der Waals surface area (Å²) in [6, 6.07) is 10.0. The third kappa shape index (κ3) is 1.64. The number of hydrogen-bond donors (Lipinski definition) is 0. The first-order chi connectivity index (χ1) is 11.5. The van der Waals surface area contributed by atoms with Crippen LogP contribution in [0.2, 0.25) is 10.0 Å². The Kier molecular flexibility index (Phi) is 2.59. The number of benzene rings is 2. The van der Waals surface area contributed by atoms with Crippen molar-refractivity contribution in [3.63, 3.8) is 0 Å². The zero-order valence-corrected chi connectivity index (χ0v) is 13.4. The quantitative estimate of drug-likeness (QED) is 0.422. The van der Waals surface area contributed by atoms with Gasteiger partial charge in [-0.1, -0.05) is 35.3 Å². The van der Waals surface area contributed by atoms with E-state index in [2.05, 4.69) is 9.97 Å². The van der Waals surface area contributed by atoms with E-state index >= 15 is 0 Å². The number of halogens is 2. The maximum absolute atomic E-state index is 12.6. The average molecular weight is 353 g/mol. The Morgan fingerprint density at radius 2 is 1.00 bits per heavy atom. The summed E-state index contributed by atoms with van der Waals surface area (Å²) >= 11 is 12.0. The average Bonchev–Trinajstić information content (AvgIpc) is 2.99. The minimum atomic E-state index is -0.229. The molecule has 0 atom stereocenters. The zero-order chi connectivity index (χ0) is 16.6. The van der Waals surface area contributed by atoms with Crippen LogP contribution in [0.5, 0.6) is 0 Å². The molecule has 4 aromatic carbocycles. The van der Waals surface area contributed by atoms with Crippen molar-refractivity contribution in [3.8, 4) is 0 Å². The SMILES string of the molecule is O=c1c2cc(Cl)ccc2c2nc3c(=O)c4cc(Cl)ccc4c3nc12. The lowest BCUT2D eigenvalue weighted by Crippen LogP contribution is -2.00. The van der Waals surface area contributed by atoms with Crippen molar-refractivity contribution in [2.45, 2.75) is 0 Å². The molecule has 0 bridgehead atoms. The summed E-state index contributed by atoms with van der Waals surface area (Å²) < 4.78 is 0. The Bertz CT molecular complexity index is 1310. The van der Waals surface area contributed by atoms with Crippen molar-refractivity contribution in [1.29, 1.82) is 0 Å². The van der Waals surface area contributed by atoms with Crippen LogP contribution in [0.15, 0.2) is 46.0 Å². The van der Waals surface area contributed by atoms with Crippen LogP contribution in [0.1, 0.15) is 0 Å². The molecule has 114 valence electrons. The number of rotatable bonds is 0. The van der Waals surface area contributed by atoms with Crippen molar-refractivity contribution in [3.05, 3.63) is 66.9 Å². The normalized spacial score (nSPS) is 12.1. The first-order valence-corrected chi connectivity index (χ1v) is 7.91. The summed E-state index contributed by atoms with van der Waals surface area (Å²) in [5.41, 5.74) is 0.902. The van der Waals surface area contributed by atoms with Gasteiger partial charge in [0, 0.05) is 31.6 Å². The van der Waals surface area contributed by atoms with Gasteiger partial charge in [0.15, 0.2) is 0 Å². The summed E-state index contributed by atoms with van der Waals surface area (Å²) in [5, 5.41) is 3.17. The predicted molar refractivity (Wildman–Crippen MR) is 97.0 cm³/mol. The van der Waals surface area contributed by atoms with Gasteiger partial charge in [0.25, 0.3) is 0 Å². The molecular formula is C18H6Cl2N2O2. The van der Waals surface area contributed by atoms with Gasteiger partial charge in [-0.05, 0) is 24.3 Å². The Hall–Kier alpha value is -2.56. The highest BCUT2D eigenvalue weighted by Gasteiger charge is 2.19. The van der Waals surface area contributed by atoms with Crippen LogP contribution >= 0.6 is 23.2 Å². The molecule has 4 nitrogen and oxygen atoms in total. The van der Waals surface area contributed by atoms with E-state index in [1.807, 2.05) is 0 Å². The first kappa shape index (κ1) is 13.8. The van der Waals surface area contributed by atoms with Crippen LogP contribution in [0.3, 0.4) is 0 Å². The van der Waals surface area contributed by atoms with Gasteiger partial charge in [0.2, 0.25) is 10.9 Å². The molecule has 0 spiro atoms.